The summed E-state index contributed by atoms with van der Waals surface area (Å²) in [4.78, 5) is 15.7. The Morgan fingerprint density at radius 3 is 2.52 bits per heavy atom. The molecule has 31 heavy (non-hydrogen) atoms. The van der Waals surface area contributed by atoms with Crippen LogP contribution in [0.2, 0.25) is 5.02 Å². The lowest BCUT2D eigenvalue weighted by atomic mass is 10.2. The van der Waals surface area contributed by atoms with Crippen LogP contribution in [0.25, 0.3) is 0 Å². The van der Waals surface area contributed by atoms with E-state index in [1.54, 1.807) is 24.3 Å². The van der Waals surface area contributed by atoms with Crippen LogP contribution in [-0.4, -0.2) is 17.7 Å². The highest BCUT2D eigenvalue weighted by molar-refractivity contribution is 6.32. The van der Waals surface area contributed by atoms with E-state index in [0.717, 1.165) is 5.56 Å². The first-order valence-corrected chi connectivity index (χ1v) is 9.96. The zero-order valence-electron chi connectivity index (χ0n) is 16.9. The molecule has 0 saturated carbocycles. The molecule has 0 spiro atoms. The topological polar surface area (TPSA) is 83.2 Å². The standard InChI is InChI=1S/C23H21ClN2O5/c1-2-29-22-13-19(12-21(24)23(22)30-15-17-7-4-3-5-8-17)14-25-31-16-18-9-6-10-20(11-18)26(27)28/h3-14H,2,15-16H2,1H3/b25-14-. The van der Waals surface area contributed by atoms with Crippen molar-refractivity contribution in [3.8, 4) is 11.5 Å². The first-order valence-electron chi connectivity index (χ1n) is 9.58. The fourth-order valence-electron chi connectivity index (χ4n) is 2.76. The van der Waals surface area contributed by atoms with Gasteiger partial charge in [0.2, 0.25) is 0 Å². The summed E-state index contributed by atoms with van der Waals surface area (Å²) in [6, 6.07) is 19.4. The third-order valence-corrected chi connectivity index (χ3v) is 4.47. The van der Waals surface area contributed by atoms with Crippen molar-refractivity contribution in [2.45, 2.75) is 20.1 Å². The van der Waals surface area contributed by atoms with Gasteiger partial charge in [0.25, 0.3) is 5.69 Å². The number of hydrogen-bond donors (Lipinski definition) is 0. The van der Waals surface area contributed by atoms with Gasteiger partial charge in [-0.25, -0.2) is 0 Å². The molecule has 3 rings (SSSR count). The highest BCUT2D eigenvalue weighted by atomic mass is 35.5. The van der Waals surface area contributed by atoms with E-state index in [4.69, 9.17) is 25.9 Å². The number of nitro benzene ring substituents is 1. The van der Waals surface area contributed by atoms with Gasteiger partial charge in [0.1, 0.15) is 13.2 Å². The highest BCUT2D eigenvalue weighted by Gasteiger charge is 2.13. The molecule has 0 amide bonds. The van der Waals surface area contributed by atoms with Crippen LogP contribution in [-0.2, 0) is 18.1 Å². The van der Waals surface area contributed by atoms with Crippen LogP contribution in [0, 0.1) is 10.1 Å². The van der Waals surface area contributed by atoms with E-state index in [1.807, 2.05) is 37.3 Å². The molecule has 3 aromatic rings. The first kappa shape index (κ1) is 22.1. The Morgan fingerprint density at radius 1 is 1.00 bits per heavy atom. The summed E-state index contributed by atoms with van der Waals surface area (Å²) in [5.41, 5.74) is 2.33. The van der Waals surface area contributed by atoms with Crippen molar-refractivity contribution < 1.29 is 19.2 Å². The van der Waals surface area contributed by atoms with Crippen LogP contribution in [0.3, 0.4) is 0 Å². The van der Waals surface area contributed by atoms with E-state index < -0.39 is 4.92 Å². The Kier molecular flexibility index (Phi) is 7.84. The minimum atomic E-state index is -0.453. The van der Waals surface area contributed by atoms with Gasteiger partial charge >= 0.3 is 0 Å². The maximum atomic E-state index is 10.8. The molecule has 0 aliphatic carbocycles. The fourth-order valence-corrected chi connectivity index (χ4v) is 3.04. The minimum absolute atomic E-state index is 0.00399. The maximum Gasteiger partial charge on any atom is 0.269 e. The monoisotopic (exact) mass is 440 g/mol. The summed E-state index contributed by atoms with van der Waals surface area (Å²) in [5.74, 6) is 0.966. The summed E-state index contributed by atoms with van der Waals surface area (Å²) in [6.45, 7) is 2.78. The number of non-ortho nitro benzene ring substituents is 1. The van der Waals surface area contributed by atoms with Crippen LogP contribution < -0.4 is 9.47 Å². The molecule has 0 heterocycles. The number of oxime groups is 1. The van der Waals surface area contributed by atoms with Crippen molar-refractivity contribution in [1.82, 2.24) is 0 Å². The molecular formula is C23H21ClN2O5. The van der Waals surface area contributed by atoms with Gasteiger partial charge in [-0.05, 0) is 30.2 Å². The van der Waals surface area contributed by atoms with Gasteiger partial charge in [-0.15, -0.1) is 0 Å². The van der Waals surface area contributed by atoms with Gasteiger partial charge in [0.15, 0.2) is 11.5 Å². The molecule has 0 aliphatic heterocycles. The first-order chi connectivity index (χ1) is 15.1. The van der Waals surface area contributed by atoms with E-state index in [9.17, 15) is 10.1 Å². The fraction of sp³-hybridized carbons (Fsp3) is 0.174. The number of nitro groups is 1. The average molecular weight is 441 g/mol. The zero-order chi connectivity index (χ0) is 22.1. The van der Waals surface area contributed by atoms with Gasteiger partial charge in [-0.1, -0.05) is 59.2 Å². The van der Waals surface area contributed by atoms with Crippen molar-refractivity contribution in [3.63, 3.8) is 0 Å². The van der Waals surface area contributed by atoms with Crippen molar-refractivity contribution >= 4 is 23.5 Å². The molecular weight excluding hydrogens is 420 g/mol. The quantitative estimate of drug-likeness (QED) is 0.227. The molecule has 0 atom stereocenters. The number of halogens is 1. The molecule has 0 aliphatic rings. The average Bonchev–Trinajstić information content (AvgIpc) is 2.77. The lowest BCUT2D eigenvalue weighted by molar-refractivity contribution is -0.384. The lowest BCUT2D eigenvalue weighted by Crippen LogP contribution is -2.01. The molecule has 7 nitrogen and oxygen atoms in total. The van der Waals surface area contributed by atoms with Gasteiger partial charge in [0, 0.05) is 17.7 Å². The Labute approximate surface area is 185 Å². The lowest BCUT2D eigenvalue weighted by Gasteiger charge is -2.14. The number of hydrogen-bond acceptors (Lipinski definition) is 6. The summed E-state index contributed by atoms with van der Waals surface area (Å²) < 4.78 is 11.6. The molecule has 160 valence electrons. The largest absolute Gasteiger partial charge is 0.490 e. The SMILES string of the molecule is CCOc1cc(/C=N\OCc2cccc([N+](=O)[O-])c2)cc(Cl)c1OCc1ccccc1. The molecule has 3 aromatic carbocycles. The number of rotatable bonds is 10. The summed E-state index contributed by atoms with van der Waals surface area (Å²) in [7, 11) is 0. The van der Waals surface area contributed by atoms with E-state index >= 15 is 0 Å². The Hall–Kier alpha value is -3.58. The minimum Gasteiger partial charge on any atom is -0.490 e. The summed E-state index contributed by atoms with van der Waals surface area (Å²) in [6.07, 6.45) is 1.49. The predicted molar refractivity (Wildman–Crippen MR) is 119 cm³/mol. The van der Waals surface area contributed by atoms with E-state index in [2.05, 4.69) is 5.16 Å². The Balaban J connectivity index is 1.67. The zero-order valence-corrected chi connectivity index (χ0v) is 17.6. The van der Waals surface area contributed by atoms with E-state index in [1.165, 1.54) is 18.3 Å². The molecule has 0 bridgehead atoms. The van der Waals surface area contributed by atoms with Gasteiger partial charge in [-0.2, -0.15) is 0 Å². The van der Waals surface area contributed by atoms with Crippen LogP contribution >= 0.6 is 11.6 Å². The molecule has 0 N–H and O–H groups in total. The molecule has 8 heteroatoms. The molecule has 0 aromatic heterocycles. The molecule has 0 radical (unpaired) electrons. The van der Waals surface area contributed by atoms with Crippen LogP contribution in [0.5, 0.6) is 11.5 Å². The predicted octanol–water partition coefficient (Wildman–Crippen LogP) is 5.78. The van der Waals surface area contributed by atoms with Crippen molar-refractivity contribution in [1.29, 1.82) is 0 Å². The maximum absolute atomic E-state index is 10.8. The van der Waals surface area contributed by atoms with Gasteiger partial charge in [-0.3, -0.25) is 10.1 Å². The Morgan fingerprint density at radius 2 is 1.77 bits per heavy atom. The van der Waals surface area contributed by atoms with Crippen LogP contribution in [0.4, 0.5) is 5.69 Å². The normalized spacial score (nSPS) is 10.8. The van der Waals surface area contributed by atoms with Crippen molar-refractivity contribution in [2.24, 2.45) is 5.16 Å². The molecule has 0 fully saturated rings. The van der Waals surface area contributed by atoms with Crippen molar-refractivity contribution in [2.75, 3.05) is 6.61 Å². The van der Waals surface area contributed by atoms with Gasteiger partial charge in [0.05, 0.1) is 22.8 Å². The van der Waals surface area contributed by atoms with E-state index in [0.29, 0.717) is 40.9 Å². The van der Waals surface area contributed by atoms with Gasteiger partial charge < -0.3 is 14.3 Å². The van der Waals surface area contributed by atoms with Crippen LogP contribution in [0.1, 0.15) is 23.6 Å². The number of nitrogens with zero attached hydrogens (tertiary/aromatic N) is 2. The molecule has 0 unspecified atom stereocenters. The second kappa shape index (κ2) is 11.0. The second-order valence-electron chi connectivity index (χ2n) is 6.47. The number of ether oxygens (including phenoxy) is 2. The summed E-state index contributed by atoms with van der Waals surface area (Å²) >= 11 is 6.42. The molecule has 0 saturated heterocycles. The highest BCUT2D eigenvalue weighted by Crippen LogP contribution is 2.37. The third-order valence-electron chi connectivity index (χ3n) is 4.19. The number of benzene rings is 3. The smallest absolute Gasteiger partial charge is 0.269 e. The van der Waals surface area contributed by atoms with Crippen LogP contribution in [0.15, 0.2) is 71.9 Å². The summed E-state index contributed by atoms with van der Waals surface area (Å²) in [5, 5.41) is 15.2. The van der Waals surface area contributed by atoms with E-state index in [-0.39, 0.29) is 12.3 Å². The Bertz CT molecular complexity index is 1060. The third kappa shape index (κ3) is 6.45. The van der Waals surface area contributed by atoms with Crippen molar-refractivity contribution in [3.05, 3.63) is 98.6 Å². The second-order valence-corrected chi connectivity index (χ2v) is 6.88.